The van der Waals surface area contributed by atoms with E-state index in [2.05, 4.69) is 276 Å². The van der Waals surface area contributed by atoms with Crippen molar-refractivity contribution in [1.29, 1.82) is 0 Å². The molecule has 0 bridgehead atoms. The molecule has 4 aromatic heterocycles. The minimum atomic E-state index is -0.204. The van der Waals surface area contributed by atoms with E-state index >= 15 is 0 Å². The normalized spacial score (nSPS) is 14.4. The Hall–Kier alpha value is -8.31. The molecule has 0 fully saturated rings. The number of imidazole rings is 1. The van der Waals surface area contributed by atoms with Gasteiger partial charge >= 0.3 is 0 Å². The quantitative estimate of drug-likeness (QED) is 0.127. The number of ether oxygens (including phenoxy) is 1. The van der Waals surface area contributed by atoms with Gasteiger partial charge in [-0.15, -0.1) is 29.7 Å². The Morgan fingerprint density at radius 3 is 1.67 bits per heavy atom. The number of aromatic nitrogens is 5. The van der Waals surface area contributed by atoms with Crippen LogP contribution in [-0.4, -0.2) is 18.7 Å². The minimum absolute atomic E-state index is 0. The second-order valence-electron chi connectivity index (χ2n) is 26.3. The third kappa shape index (κ3) is 8.29. The Kier molecular flexibility index (Phi) is 12.0. The number of rotatable bonds is 5. The van der Waals surface area contributed by atoms with Crippen LogP contribution in [0.25, 0.3) is 111 Å². The molecular weight excluding hydrogens is 1190 g/mol. The number of hydrogen-bond donors (Lipinski definition) is 0. The van der Waals surface area contributed by atoms with E-state index in [4.69, 9.17) is 9.72 Å². The summed E-state index contributed by atoms with van der Waals surface area (Å²) in [6.07, 6.45) is 8.25. The van der Waals surface area contributed by atoms with Gasteiger partial charge < -0.3 is 18.4 Å². The van der Waals surface area contributed by atoms with Crippen molar-refractivity contribution < 1.29 is 30.4 Å². The monoisotopic (exact) mass is 1260 g/mol. The van der Waals surface area contributed by atoms with Crippen LogP contribution < -0.4 is 9.30 Å². The number of fused-ring (bicyclic) bond motifs is 14. The molecule has 412 valence electrons. The average Bonchev–Trinajstić information content (AvgIpc) is 2.61. The van der Waals surface area contributed by atoms with Crippen LogP contribution in [0, 0.1) is 18.5 Å². The maximum Gasteiger partial charge on any atom is 0.268 e. The number of para-hydroxylation sites is 4. The van der Waals surface area contributed by atoms with Crippen LogP contribution in [0.5, 0.6) is 11.5 Å². The van der Waals surface area contributed by atoms with Crippen LogP contribution in [0.4, 0.5) is 0 Å². The molecule has 0 unspecified atom stereocenters. The molecule has 0 atom stereocenters. The van der Waals surface area contributed by atoms with Gasteiger partial charge in [-0.2, -0.15) is 18.2 Å². The molecule has 0 saturated carbocycles. The Morgan fingerprint density at radius 1 is 0.482 bits per heavy atom. The second kappa shape index (κ2) is 18.9. The van der Waals surface area contributed by atoms with Crippen LogP contribution in [0.15, 0.2) is 188 Å². The molecule has 2 aliphatic rings. The van der Waals surface area contributed by atoms with Crippen molar-refractivity contribution in [3.05, 3.63) is 229 Å². The molecule has 9 aromatic carbocycles. The van der Waals surface area contributed by atoms with Crippen molar-refractivity contribution in [2.24, 2.45) is 0 Å². The van der Waals surface area contributed by atoms with Crippen LogP contribution in [0.1, 0.15) is 104 Å². The Labute approximate surface area is 500 Å². The van der Waals surface area contributed by atoms with E-state index in [1.807, 2.05) is 18.3 Å². The van der Waals surface area contributed by atoms with Gasteiger partial charge in [0.2, 0.25) is 0 Å². The molecule has 5 heterocycles. The van der Waals surface area contributed by atoms with Crippen molar-refractivity contribution in [2.45, 2.75) is 104 Å². The molecule has 83 heavy (non-hydrogen) atoms. The van der Waals surface area contributed by atoms with Gasteiger partial charge in [-0.1, -0.05) is 184 Å². The Morgan fingerprint density at radius 2 is 1.02 bits per heavy atom. The summed E-state index contributed by atoms with van der Waals surface area (Å²) < 4.78 is 16.2. The zero-order valence-electron chi connectivity index (χ0n) is 48.8. The van der Waals surface area contributed by atoms with E-state index in [1.165, 1.54) is 55.3 Å². The number of nitrogens with zero attached hydrogens (tertiary/aromatic N) is 5. The average molecular weight is 1260 g/mol. The van der Waals surface area contributed by atoms with Gasteiger partial charge in [0.1, 0.15) is 5.82 Å². The zero-order chi connectivity index (χ0) is 56.2. The first-order valence-corrected chi connectivity index (χ1v) is 29.0. The Balaban J connectivity index is 0.00000614. The molecule has 1 aliphatic heterocycles. The van der Waals surface area contributed by atoms with Gasteiger partial charge in [-0.25, -0.2) is 4.98 Å². The molecule has 0 amide bonds. The number of benzene rings is 9. The summed E-state index contributed by atoms with van der Waals surface area (Å²) >= 11 is 0. The fourth-order valence-corrected chi connectivity index (χ4v) is 13.5. The van der Waals surface area contributed by atoms with Crippen LogP contribution in [0.3, 0.4) is 0 Å². The van der Waals surface area contributed by atoms with Crippen LogP contribution >= 0.6 is 0 Å². The van der Waals surface area contributed by atoms with Gasteiger partial charge in [-0.05, 0) is 144 Å². The Bertz CT molecular complexity index is 4770. The summed E-state index contributed by atoms with van der Waals surface area (Å²) in [5.74, 6) is 2.00. The zero-order valence-corrected chi connectivity index (χ0v) is 51.0. The van der Waals surface area contributed by atoms with Gasteiger partial charge in [0.25, 0.3) is 6.33 Å². The van der Waals surface area contributed by atoms with Gasteiger partial charge in [-0.3, -0.25) is 4.57 Å². The van der Waals surface area contributed by atoms with Gasteiger partial charge in [0.05, 0.1) is 33.4 Å². The van der Waals surface area contributed by atoms with E-state index < -0.39 is 0 Å². The number of pyridine rings is 1. The fourth-order valence-electron chi connectivity index (χ4n) is 13.5. The first-order chi connectivity index (χ1) is 39.4. The van der Waals surface area contributed by atoms with Gasteiger partial charge in [0, 0.05) is 55.1 Å². The topological polar surface area (TPSA) is 40.8 Å². The maximum atomic E-state index is 6.88. The molecule has 7 heteroatoms. The standard InChI is InChI=1S/C76H65N5O.Pt/c1-73(2,3)47-35-38-77-70(41-47)81-66-31-18-15-27-56(66)57-34-33-51(43-68(57)81)82-50-22-19-21-49(42-50)78-46-79-71-58(28-20-32-67(71)78)52-23-11-12-24-53(52)59-44-62-63(76(9,10)37-36-75(62,7)8)45-60(59)61-39-48(74(4,5)6)40-69(72(61)79)80-64-29-16-13-25-54(64)55-26-14-17-30-65(55)80;/h11-35,38-41,44-45H,36-37H2,1-10H3;/q-2;. The van der Waals surface area contributed by atoms with Crippen molar-refractivity contribution >= 4 is 54.6 Å². The summed E-state index contributed by atoms with van der Waals surface area (Å²) in [4.78, 5) is 4.93. The van der Waals surface area contributed by atoms with E-state index in [-0.39, 0.29) is 42.7 Å². The molecule has 6 nitrogen and oxygen atoms in total. The third-order valence-electron chi connectivity index (χ3n) is 18.1. The number of hydrogen-bond acceptors (Lipinski definition) is 2. The predicted molar refractivity (Wildman–Crippen MR) is 337 cm³/mol. The summed E-state index contributed by atoms with van der Waals surface area (Å²) in [6.45, 7) is 23.5. The van der Waals surface area contributed by atoms with Crippen molar-refractivity contribution in [3.8, 4) is 67.8 Å². The fraction of sp³-hybridized carbons (Fsp3) is 0.211. The first-order valence-electron chi connectivity index (χ1n) is 29.0. The van der Waals surface area contributed by atoms with E-state index in [0.717, 1.165) is 90.7 Å². The molecule has 0 radical (unpaired) electrons. The van der Waals surface area contributed by atoms with Crippen LogP contribution in [0.2, 0.25) is 0 Å². The smallest absolute Gasteiger partial charge is 0.268 e. The SMILES string of the molecule is CC(C)(C)c1ccnc(-n2c3[c-]c(Oc4[c-]c(-n5[c-][n+]6c7c(cccc75)-c5ccccc5-c5cc7c(cc5-c5cc(C(C)(C)C)cc(-n8c9ccccc9c9ccccc98)c5-6)C(C)(C)CCC7(C)C)ccc4)ccc3c3ccccc32)c1.[Pt]. The first kappa shape index (κ1) is 52.7. The summed E-state index contributed by atoms with van der Waals surface area (Å²) in [5, 5.41) is 4.65. The molecule has 0 N–H and O–H groups in total. The van der Waals surface area contributed by atoms with Crippen molar-refractivity contribution in [2.75, 3.05) is 0 Å². The molecule has 13 aromatic rings. The maximum absolute atomic E-state index is 6.88. The van der Waals surface area contributed by atoms with E-state index in [9.17, 15) is 0 Å². The van der Waals surface area contributed by atoms with E-state index in [0.29, 0.717) is 11.5 Å². The third-order valence-corrected chi connectivity index (χ3v) is 18.1. The largest absolute Gasteiger partial charge is 0.510 e. The van der Waals surface area contributed by atoms with E-state index in [1.54, 1.807) is 0 Å². The summed E-state index contributed by atoms with van der Waals surface area (Å²) in [7, 11) is 0. The second-order valence-corrected chi connectivity index (χ2v) is 26.3. The summed E-state index contributed by atoms with van der Waals surface area (Å²) in [6, 6.07) is 74.3. The van der Waals surface area contributed by atoms with Crippen LogP contribution in [-0.2, 0) is 42.7 Å². The molecule has 15 rings (SSSR count). The molecule has 0 saturated heterocycles. The molecule has 0 spiro atoms. The predicted octanol–water partition coefficient (Wildman–Crippen LogP) is 18.9. The molecular formula is C76H65N5OPt-2. The summed E-state index contributed by atoms with van der Waals surface area (Å²) in [5.41, 5.74) is 21.5. The molecule has 1 aliphatic carbocycles. The van der Waals surface area contributed by atoms with Crippen molar-refractivity contribution in [3.63, 3.8) is 0 Å². The van der Waals surface area contributed by atoms with Gasteiger partial charge in [0.15, 0.2) is 0 Å². The van der Waals surface area contributed by atoms with Crippen molar-refractivity contribution in [1.82, 2.24) is 18.7 Å². The minimum Gasteiger partial charge on any atom is -0.510 e.